The van der Waals surface area contributed by atoms with Crippen LogP contribution in [0.5, 0.6) is 0 Å². The van der Waals surface area contributed by atoms with E-state index in [1.54, 1.807) is 0 Å². The molecule has 146 valence electrons. The van der Waals surface area contributed by atoms with E-state index in [1.807, 2.05) is 4.68 Å². The molecule has 6 heteroatoms. The Hall–Kier alpha value is -1.95. The van der Waals surface area contributed by atoms with Crippen LogP contribution in [0.2, 0.25) is 0 Å². The summed E-state index contributed by atoms with van der Waals surface area (Å²) in [4.78, 5) is 13.4. The molecule has 1 saturated carbocycles. The molecule has 0 amide bonds. The van der Waals surface area contributed by atoms with Gasteiger partial charge in [0.05, 0.1) is 5.69 Å². The Morgan fingerprint density at radius 3 is 2.70 bits per heavy atom. The standard InChI is InChI=1S/C21H26F2N2O2/c1-12(2)18-14-7-8-21(18,3)19-17(14)20(27)25(24(19)9-4-10-26)16-6-5-13(22)11-15(16)23/h5-6,11-12,14,18,26H,4,7-10H2,1-3H3/t14-,18?,21-/m1/s1. The Labute approximate surface area is 157 Å². The minimum absolute atomic E-state index is 0.0131. The van der Waals surface area contributed by atoms with Crippen molar-refractivity contribution < 1.29 is 13.9 Å². The number of benzene rings is 1. The van der Waals surface area contributed by atoms with E-state index in [0.717, 1.165) is 30.2 Å². The molecule has 2 bridgehead atoms. The van der Waals surface area contributed by atoms with E-state index in [1.165, 1.54) is 16.8 Å². The zero-order valence-electron chi connectivity index (χ0n) is 16.0. The molecule has 1 aromatic carbocycles. The zero-order valence-corrected chi connectivity index (χ0v) is 16.0. The van der Waals surface area contributed by atoms with Gasteiger partial charge in [0.2, 0.25) is 0 Å². The van der Waals surface area contributed by atoms with Crippen LogP contribution in [0.15, 0.2) is 23.0 Å². The maximum Gasteiger partial charge on any atom is 0.275 e. The Morgan fingerprint density at radius 1 is 1.33 bits per heavy atom. The minimum Gasteiger partial charge on any atom is -0.396 e. The molecule has 27 heavy (non-hydrogen) atoms. The monoisotopic (exact) mass is 376 g/mol. The molecule has 0 radical (unpaired) electrons. The fourth-order valence-electron chi connectivity index (χ4n) is 5.87. The fourth-order valence-corrected chi connectivity index (χ4v) is 5.87. The molecule has 2 aromatic rings. The number of halogens is 2. The van der Waals surface area contributed by atoms with E-state index in [2.05, 4.69) is 20.8 Å². The quantitative estimate of drug-likeness (QED) is 0.865. The van der Waals surface area contributed by atoms with Crippen LogP contribution in [0.25, 0.3) is 5.69 Å². The van der Waals surface area contributed by atoms with Crippen LogP contribution in [-0.4, -0.2) is 21.1 Å². The van der Waals surface area contributed by atoms with Gasteiger partial charge in [0.25, 0.3) is 5.56 Å². The highest BCUT2D eigenvalue weighted by Crippen LogP contribution is 2.62. The average Bonchev–Trinajstić information content (AvgIpc) is 3.18. The Kier molecular flexibility index (Phi) is 4.29. The molecule has 1 N–H and O–H groups in total. The van der Waals surface area contributed by atoms with Gasteiger partial charge in [-0.1, -0.05) is 20.8 Å². The van der Waals surface area contributed by atoms with Gasteiger partial charge in [0.15, 0.2) is 5.82 Å². The molecular weight excluding hydrogens is 350 g/mol. The summed E-state index contributed by atoms with van der Waals surface area (Å²) >= 11 is 0. The molecule has 4 rings (SSSR count). The number of rotatable bonds is 5. The lowest BCUT2D eigenvalue weighted by atomic mass is 9.74. The van der Waals surface area contributed by atoms with Crippen LogP contribution in [0.1, 0.15) is 57.2 Å². The number of aliphatic hydroxyl groups excluding tert-OH is 1. The van der Waals surface area contributed by atoms with Crippen LogP contribution in [0.3, 0.4) is 0 Å². The Bertz CT molecular complexity index is 946. The van der Waals surface area contributed by atoms with E-state index >= 15 is 0 Å². The van der Waals surface area contributed by atoms with Crippen molar-refractivity contribution >= 4 is 0 Å². The highest BCUT2D eigenvalue weighted by Gasteiger charge is 2.58. The second-order valence-electron chi connectivity index (χ2n) is 8.51. The lowest BCUT2D eigenvalue weighted by molar-refractivity contribution is 0.243. The number of fused-ring (bicyclic) bond motifs is 5. The number of hydrogen-bond donors (Lipinski definition) is 1. The van der Waals surface area contributed by atoms with Crippen molar-refractivity contribution in [2.45, 2.75) is 57.9 Å². The number of aliphatic hydroxyl groups is 1. The first-order chi connectivity index (χ1) is 12.8. The highest BCUT2D eigenvalue weighted by atomic mass is 19.1. The molecular formula is C21H26F2N2O2. The topological polar surface area (TPSA) is 47.2 Å². The van der Waals surface area contributed by atoms with Crippen molar-refractivity contribution in [1.29, 1.82) is 0 Å². The van der Waals surface area contributed by atoms with Crippen LogP contribution in [-0.2, 0) is 12.0 Å². The molecule has 1 aromatic heterocycles. The highest BCUT2D eigenvalue weighted by molar-refractivity contribution is 5.46. The molecule has 0 aliphatic heterocycles. The molecule has 4 nitrogen and oxygen atoms in total. The van der Waals surface area contributed by atoms with Gasteiger partial charge in [-0.2, -0.15) is 0 Å². The van der Waals surface area contributed by atoms with E-state index in [-0.39, 0.29) is 29.2 Å². The first kappa shape index (κ1) is 18.4. The van der Waals surface area contributed by atoms with Crippen molar-refractivity contribution in [3.05, 3.63) is 51.4 Å². The summed E-state index contributed by atoms with van der Waals surface area (Å²) in [6.45, 7) is 7.02. The van der Waals surface area contributed by atoms with Gasteiger partial charge in [-0.3, -0.25) is 9.48 Å². The normalized spacial score (nSPS) is 26.2. The van der Waals surface area contributed by atoms with Crippen molar-refractivity contribution in [2.24, 2.45) is 11.8 Å². The van der Waals surface area contributed by atoms with Gasteiger partial charge in [0, 0.05) is 30.2 Å². The summed E-state index contributed by atoms with van der Waals surface area (Å²) < 4.78 is 31.1. The Morgan fingerprint density at radius 2 is 2.07 bits per heavy atom. The third kappa shape index (κ3) is 2.45. The summed E-state index contributed by atoms with van der Waals surface area (Å²) in [6, 6.07) is 3.30. The van der Waals surface area contributed by atoms with E-state index in [4.69, 9.17) is 0 Å². The summed E-state index contributed by atoms with van der Waals surface area (Å²) in [5.41, 5.74) is 1.51. The third-order valence-corrected chi connectivity index (χ3v) is 6.62. The van der Waals surface area contributed by atoms with Crippen molar-refractivity contribution in [3.8, 4) is 5.69 Å². The largest absolute Gasteiger partial charge is 0.396 e. The summed E-state index contributed by atoms with van der Waals surface area (Å²) in [5, 5.41) is 9.35. The number of nitrogens with zero attached hydrogens (tertiary/aromatic N) is 2. The van der Waals surface area contributed by atoms with Crippen molar-refractivity contribution in [2.75, 3.05) is 6.61 Å². The fraction of sp³-hybridized carbons (Fsp3) is 0.571. The first-order valence-corrected chi connectivity index (χ1v) is 9.73. The maximum atomic E-state index is 14.5. The van der Waals surface area contributed by atoms with Crippen LogP contribution in [0, 0.1) is 23.5 Å². The number of aromatic nitrogens is 2. The summed E-state index contributed by atoms with van der Waals surface area (Å²) in [5.74, 6) is -0.406. The molecule has 2 aliphatic carbocycles. The predicted octanol–water partition coefficient (Wildman–Crippen LogP) is 3.72. The molecule has 0 saturated heterocycles. The molecule has 3 atom stereocenters. The SMILES string of the molecule is CC(C)C1[C@@H]2CC[C@@]1(C)c1c2c(=O)n(-c2ccc(F)cc2F)n1CCCO. The van der Waals surface area contributed by atoms with Crippen molar-refractivity contribution in [3.63, 3.8) is 0 Å². The van der Waals surface area contributed by atoms with E-state index in [9.17, 15) is 18.7 Å². The predicted molar refractivity (Wildman–Crippen MR) is 99.3 cm³/mol. The van der Waals surface area contributed by atoms with Crippen LogP contribution in [0.4, 0.5) is 8.78 Å². The van der Waals surface area contributed by atoms with Gasteiger partial charge in [-0.05, 0) is 49.1 Å². The molecule has 1 fully saturated rings. The van der Waals surface area contributed by atoms with Crippen LogP contribution >= 0.6 is 0 Å². The summed E-state index contributed by atoms with van der Waals surface area (Å²) in [6.07, 6.45) is 2.44. The summed E-state index contributed by atoms with van der Waals surface area (Å²) in [7, 11) is 0. The number of hydrogen-bond acceptors (Lipinski definition) is 2. The average molecular weight is 376 g/mol. The van der Waals surface area contributed by atoms with E-state index < -0.39 is 11.6 Å². The second kappa shape index (κ2) is 6.30. The van der Waals surface area contributed by atoms with Crippen molar-refractivity contribution in [1.82, 2.24) is 9.36 Å². The molecule has 0 spiro atoms. The minimum atomic E-state index is -0.753. The van der Waals surface area contributed by atoms with Gasteiger partial charge >= 0.3 is 0 Å². The lowest BCUT2D eigenvalue weighted by Gasteiger charge is -2.33. The first-order valence-electron chi connectivity index (χ1n) is 9.73. The third-order valence-electron chi connectivity index (χ3n) is 6.62. The smallest absolute Gasteiger partial charge is 0.275 e. The molecule has 1 unspecified atom stereocenters. The maximum absolute atomic E-state index is 14.5. The second-order valence-corrected chi connectivity index (χ2v) is 8.51. The van der Waals surface area contributed by atoms with Crippen LogP contribution < -0.4 is 5.56 Å². The van der Waals surface area contributed by atoms with Gasteiger partial charge in [-0.25, -0.2) is 13.5 Å². The van der Waals surface area contributed by atoms with Gasteiger partial charge < -0.3 is 5.11 Å². The Balaban J connectivity index is 1.98. The lowest BCUT2D eigenvalue weighted by Crippen LogP contribution is -2.33. The molecule has 1 heterocycles. The van der Waals surface area contributed by atoms with E-state index in [0.29, 0.717) is 24.8 Å². The zero-order chi connectivity index (χ0) is 19.5. The van der Waals surface area contributed by atoms with Gasteiger partial charge in [0.1, 0.15) is 11.5 Å². The molecule has 2 aliphatic rings. The van der Waals surface area contributed by atoms with Gasteiger partial charge in [-0.15, -0.1) is 0 Å².